The van der Waals surface area contributed by atoms with E-state index in [0.29, 0.717) is 0 Å². The van der Waals surface area contributed by atoms with Crippen LogP contribution in [0.15, 0.2) is 22.9 Å². The standard InChI is InChI=1S/C14H26O3Si/c1-6-18(7-2,8-3)13(9-10-15)12(4)11-14(16)17-5/h9,11,15H,6-8,10H2,1-5H3/b12-11+,13-9-. The van der Waals surface area contributed by atoms with E-state index >= 15 is 0 Å². The molecule has 0 aromatic heterocycles. The van der Waals surface area contributed by atoms with Gasteiger partial charge in [0.05, 0.1) is 21.8 Å². The lowest BCUT2D eigenvalue weighted by Crippen LogP contribution is -2.35. The quantitative estimate of drug-likeness (QED) is 0.335. The second kappa shape index (κ2) is 8.27. The van der Waals surface area contributed by atoms with E-state index in [1.54, 1.807) is 0 Å². The fraction of sp³-hybridized carbons (Fsp3) is 0.643. The van der Waals surface area contributed by atoms with Gasteiger partial charge in [0.2, 0.25) is 0 Å². The normalized spacial score (nSPS) is 13.7. The second-order valence-corrected chi connectivity index (χ2v) is 9.71. The largest absolute Gasteiger partial charge is 0.466 e. The zero-order valence-electron chi connectivity index (χ0n) is 12.2. The SMILES string of the molecule is CC[Si](CC)(CC)C(=C\CO)/C(C)=C/C(=O)OC. The van der Waals surface area contributed by atoms with Gasteiger partial charge in [0.1, 0.15) is 0 Å². The predicted octanol–water partition coefficient (Wildman–Crippen LogP) is 3.07. The van der Waals surface area contributed by atoms with Crippen LogP contribution in [0.25, 0.3) is 0 Å². The van der Waals surface area contributed by atoms with E-state index in [2.05, 4.69) is 25.5 Å². The van der Waals surface area contributed by atoms with E-state index in [1.165, 1.54) is 18.4 Å². The van der Waals surface area contributed by atoms with Crippen LogP contribution < -0.4 is 0 Å². The van der Waals surface area contributed by atoms with E-state index in [0.717, 1.165) is 23.7 Å². The Kier molecular flexibility index (Phi) is 7.87. The molecule has 0 bridgehead atoms. The third kappa shape index (κ3) is 4.10. The number of aliphatic hydroxyl groups excluding tert-OH is 1. The maximum absolute atomic E-state index is 11.3. The number of carbonyl (C=O) groups is 1. The van der Waals surface area contributed by atoms with Crippen molar-refractivity contribution in [3.05, 3.63) is 22.9 Å². The van der Waals surface area contributed by atoms with Gasteiger partial charge in [-0.25, -0.2) is 4.79 Å². The van der Waals surface area contributed by atoms with E-state index in [1.807, 2.05) is 13.0 Å². The highest BCUT2D eigenvalue weighted by molar-refractivity contribution is 6.87. The fourth-order valence-electron chi connectivity index (χ4n) is 2.52. The van der Waals surface area contributed by atoms with Crippen molar-refractivity contribution < 1.29 is 14.6 Å². The molecule has 1 N–H and O–H groups in total. The van der Waals surface area contributed by atoms with Gasteiger partial charge in [0.15, 0.2) is 0 Å². The molecule has 0 spiro atoms. The van der Waals surface area contributed by atoms with Crippen LogP contribution in [0.3, 0.4) is 0 Å². The molecule has 0 aliphatic rings. The molecule has 0 aromatic rings. The zero-order valence-corrected chi connectivity index (χ0v) is 13.2. The van der Waals surface area contributed by atoms with Crippen LogP contribution in [-0.4, -0.2) is 32.9 Å². The monoisotopic (exact) mass is 270 g/mol. The summed E-state index contributed by atoms with van der Waals surface area (Å²) in [5, 5.41) is 10.4. The van der Waals surface area contributed by atoms with Crippen LogP contribution in [-0.2, 0) is 9.53 Å². The number of allylic oxidation sites excluding steroid dienone is 2. The number of carbonyl (C=O) groups excluding carboxylic acids is 1. The molecule has 0 aliphatic carbocycles. The van der Waals surface area contributed by atoms with Crippen molar-refractivity contribution in [3.63, 3.8) is 0 Å². The highest BCUT2D eigenvalue weighted by Gasteiger charge is 2.32. The molecule has 0 saturated heterocycles. The molecule has 0 aromatic carbocycles. The number of aliphatic hydroxyl groups is 1. The Morgan fingerprint density at radius 3 is 2.06 bits per heavy atom. The molecule has 0 atom stereocenters. The molecule has 0 saturated carbocycles. The first kappa shape index (κ1) is 17.1. The van der Waals surface area contributed by atoms with Crippen molar-refractivity contribution >= 4 is 14.0 Å². The van der Waals surface area contributed by atoms with E-state index in [9.17, 15) is 9.90 Å². The van der Waals surface area contributed by atoms with Crippen molar-refractivity contribution in [2.75, 3.05) is 13.7 Å². The van der Waals surface area contributed by atoms with E-state index < -0.39 is 8.07 Å². The van der Waals surface area contributed by atoms with Gasteiger partial charge in [-0.1, -0.05) is 50.2 Å². The summed E-state index contributed by atoms with van der Waals surface area (Å²) in [4.78, 5) is 11.3. The maximum atomic E-state index is 11.3. The summed E-state index contributed by atoms with van der Waals surface area (Å²) in [6.07, 6.45) is 3.40. The molecule has 3 nitrogen and oxygen atoms in total. The molecule has 0 amide bonds. The Labute approximate surface area is 112 Å². The van der Waals surface area contributed by atoms with Crippen molar-refractivity contribution in [3.8, 4) is 0 Å². The zero-order chi connectivity index (χ0) is 14.2. The lowest BCUT2D eigenvalue weighted by atomic mass is 10.2. The highest BCUT2D eigenvalue weighted by Crippen LogP contribution is 2.32. The summed E-state index contributed by atoms with van der Waals surface area (Å²) < 4.78 is 4.67. The van der Waals surface area contributed by atoms with Crippen LogP contribution >= 0.6 is 0 Å². The first-order valence-corrected chi connectivity index (χ1v) is 9.21. The second-order valence-electron chi connectivity index (χ2n) is 4.49. The van der Waals surface area contributed by atoms with Gasteiger partial charge in [-0.15, -0.1) is 0 Å². The maximum Gasteiger partial charge on any atom is 0.330 e. The van der Waals surface area contributed by atoms with Crippen molar-refractivity contribution in [2.45, 2.75) is 45.8 Å². The van der Waals surface area contributed by atoms with Gasteiger partial charge in [0.25, 0.3) is 0 Å². The highest BCUT2D eigenvalue weighted by atomic mass is 28.3. The fourth-order valence-corrected chi connectivity index (χ4v) is 6.60. The van der Waals surface area contributed by atoms with Crippen LogP contribution in [0.4, 0.5) is 0 Å². The minimum atomic E-state index is -1.59. The molecular weight excluding hydrogens is 244 g/mol. The third-order valence-corrected chi connectivity index (χ3v) is 9.66. The van der Waals surface area contributed by atoms with Gasteiger partial charge < -0.3 is 9.84 Å². The average molecular weight is 270 g/mol. The first-order valence-electron chi connectivity index (χ1n) is 6.59. The summed E-state index contributed by atoms with van der Waals surface area (Å²) >= 11 is 0. The Balaban J connectivity index is 5.50. The molecule has 0 aliphatic heterocycles. The minimum Gasteiger partial charge on any atom is -0.466 e. The minimum absolute atomic E-state index is 0.0242. The third-order valence-electron chi connectivity index (χ3n) is 3.86. The Morgan fingerprint density at radius 2 is 1.72 bits per heavy atom. The number of esters is 1. The van der Waals surface area contributed by atoms with Crippen molar-refractivity contribution in [1.29, 1.82) is 0 Å². The summed E-state index contributed by atoms with van der Waals surface area (Å²) in [7, 11) is -0.205. The Hall–Kier alpha value is -0.873. The molecule has 0 unspecified atom stereocenters. The predicted molar refractivity (Wildman–Crippen MR) is 78.1 cm³/mol. The topological polar surface area (TPSA) is 46.5 Å². The first-order chi connectivity index (χ1) is 8.51. The molecule has 0 radical (unpaired) electrons. The van der Waals surface area contributed by atoms with Crippen LogP contribution in [0.5, 0.6) is 0 Å². The smallest absolute Gasteiger partial charge is 0.330 e. The molecule has 0 heterocycles. The van der Waals surface area contributed by atoms with Crippen molar-refractivity contribution in [1.82, 2.24) is 0 Å². The summed E-state index contributed by atoms with van der Waals surface area (Å²) in [6.45, 7) is 8.57. The Bertz CT molecular complexity index is 320. The lowest BCUT2D eigenvalue weighted by Gasteiger charge is -2.32. The van der Waals surface area contributed by atoms with Gasteiger partial charge in [-0.05, 0) is 12.5 Å². The van der Waals surface area contributed by atoms with E-state index in [-0.39, 0.29) is 12.6 Å². The molecule has 0 fully saturated rings. The Morgan fingerprint density at radius 1 is 1.22 bits per heavy atom. The summed E-state index contributed by atoms with van der Waals surface area (Å²) in [6, 6.07) is 3.37. The number of rotatable bonds is 7. The molecule has 104 valence electrons. The van der Waals surface area contributed by atoms with Gasteiger partial charge in [0, 0.05) is 6.08 Å². The molecular formula is C14H26O3Si. The average Bonchev–Trinajstić information content (AvgIpc) is 2.39. The summed E-state index contributed by atoms with van der Waals surface area (Å²) in [5.74, 6) is -0.331. The number of ether oxygens (including phenoxy) is 1. The van der Waals surface area contributed by atoms with Crippen molar-refractivity contribution in [2.24, 2.45) is 0 Å². The number of methoxy groups -OCH3 is 1. The number of hydrogen-bond donors (Lipinski definition) is 1. The van der Waals surface area contributed by atoms with Crippen LogP contribution in [0.1, 0.15) is 27.7 Å². The lowest BCUT2D eigenvalue weighted by molar-refractivity contribution is -0.134. The molecule has 18 heavy (non-hydrogen) atoms. The molecule has 0 rings (SSSR count). The molecule has 4 heteroatoms. The van der Waals surface area contributed by atoms with Crippen LogP contribution in [0, 0.1) is 0 Å². The van der Waals surface area contributed by atoms with Gasteiger partial charge >= 0.3 is 5.97 Å². The van der Waals surface area contributed by atoms with Crippen LogP contribution in [0.2, 0.25) is 18.1 Å². The van der Waals surface area contributed by atoms with Gasteiger partial charge in [-0.2, -0.15) is 0 Å². The van der Waals surface area contributed by atoms with E-state index in [4.69, 9.17) is 0 Å². The van der Waals surface area contributed by atoms with Gasteiger partial charge in [-0.3, -0.25) is 0 Å². The number of hydrogen-bond acceptors (Lipinski definition) is 3. The summed E-state index contributed by atoms with van der Waals surface area (Å²) in [5.41, 5.74) is 0.938.